The van der Waals surface area contributed by atoms with Crippen LogP contribution in [0.5, 0.6) is 0 Å². The van der Waals surface area contributed by atoms with Gasteiger partial charge >= 0.3 is 6.18 Å². The molecule has 0 spiro atoms. The van der Waals surface area contributed by atoms with Crippen LogP contribution < -0.4 is 11.1 Å². The third-order valence-corrected chi connectivity index (χ3v) is 2.82. The van der Waals surface area contributed by atoms with Crippen LogP contribution in [-0.4, -0.2) is 43.0 Å². The number of alkyl halides is 3. The maximum atomic E-state index is 12.1. The second-order valence-corrected chi connectivity index (χ2v) is 4.57. The van der Waals surface area contributed by atoms with Crippen LogP contribution in [0.4, 0.5) is 18.9 Å². The van der Waals surface area contributed by atoms with Crippen molar-refractivity contribution in [1.82, 2.24) is 10.2 Å². The van der Waals surface area contributed by atoms with Gasteiger partial charge in [-0.15, -0.1) is 0 Å². The van der Waals surface area contributed by atoms with E-state index in [1.165, 1.54) is 13.1 Å². The number of carbonyl (C=O) groups excluding carboxylic acids is 2. The van der Waals surface area contributed by atoms with Gasteiger partial charge in [0.25, 0.3) is 5.91 Å². The number of nitrogens with zero attached hydrogens (tertiary/aromatic N) is 1. The van der Waals surface area contributed by atoms with Crippen molar-refractivity contribution in [2.45, 2.75) is 13.1 Å². The van der Waals surface area contributed by atoms with E-state index in [0.717, 1.165) is 4.90 Å². The molecule has 0 aliphatic rings. The highest BCUT2D eigenvalue weighted by molar-refractivity contribution is 5.98. The lowest BCUT2D eigenvalue weighted by Crippen LogP contribution is -2.41. The number of hydrogen-bond donors (Lipinski definition) is 2. The van der Waals surface area contributed by atoms with E-state index < -0.39 is 31.1 Å². The highest BCUT2D eigenvalue weighted by Crippen LogP contribution is 2.17. The van der Waals surface area contributed by atoms with Crippen LogP contribution in [0, 0.1) is 6.92 Å². The van der Waals surface area contributed by atoms with Crippen LogP contribution in [0.2, 0.25) is 0 Å². The fourth-order valence-corrected chi connectivity index (χ4v) is 1.63. The van der Waals surface area contributed by atoms with Crippen molar-refractivity contribution in [3.05, 3.63) is 29.3 Å². The molecule has 3 N–H and O–H groups in total. The lowest BCUT2D eigenvalue weighted by atomic mass is 10.1. The Kier molecular flexibility index (Phi) is 5.17. The maximum absolute atomic E-state index is 12.1. The summed E-state index contributed by atoms with van der Waals surface area (Å²) >= 11 is 0. The van der Waals surface area contributed by atoms with Crippen LogP contribution >= 0.6 is 0 Å². The highest BCUT2D eigenvalue weighted by atomic mass is 19.4. The summed E-state index contributed by atoms with van der Waals surface area (Å²) in [5.74, 6) is -1.37. The lowest BCUT2D eigenvalue weighted by molar-refractivity contribution is -0.138. The standard InChI is InChI=1S/C13H16F3N3O2/c1-8-9(4-3-5-10(8)17)12(21)19(2)6-11(20)18-7-13(14,15)16/h3-5H,6-7,17H2,1-2H3,(H,18,20). The first kappa shape index (κ1) is 16.8. The fourth-order valence-electron chi connectivity index (χ4n) is 1.63. The number of anilines is 1. The van der Waals surface area contributed by atoms with Gasteiger partial charge in [-0.1, -0.05) is 6.07 Å². The number of nitrogens with two attached hydrogens (primary N) is 1. The molecule has 0 aliphatic carbocycles. The summed E-state index contributed by atoms with van der Waals surface area (Å²) in [5, 5.41) is 1.70. The maximum Gasteiger partial charge on any atom is 0.405 e. The second kappa shape index (κ2) is 6.47. The molecule has 0 fully saturated rings. The van der Waals surface area contributed by atoms with Crippen molar-refractivity contribution in [3.8, 4) is 0 Å². The average molecular weight is 303 g/mol. The molecule has 1 rings (SSSR count). The molecule has 1 aromatic rings. The first-order valence-corrected chi connectivity index (χ1v) is 6.06. The molecule has 8 heteroatoms. The van der Waals surface area contributed by atoms with E-state index in [1.807, 2.05) is 0 Å². The summed E-state index contributed by atoms with van der Waals surface area (Å²) in [5.41, 5.74) is 6.97. The second-order valence-electron chi connectivity index (χ2n) is 4.57. The number of halogens is 3. The van der Waals surface area contributed by atoms with Gasteiger partial charge in [0.2, 0.25) is 5.91 Å². The van der Waals surface area contributed by atoms with Gasteiger partial charge in [0.1, 0.15) is 6.54 Å². The van der Waals surface area contributed by atoms with Gasteiger partial charge in [0, 0.05) is 18.3 Å². The molecule has 0 radical (unpaired) electrons. The number of hydrogen-bond acceptors (Lipinski definition) is 3. The monoisotopic (exact) mass is 303 g/mol. The predicted octanol–water partition coefficient (Wildman–Crippen LogP) is 1.33. The molecule has 0 heterocycles. The number of benzene rings is 1. The summed E-state index contributed by atoms with van der Waals surface area (Å²) in [6.07, 6.45) is -4.48. The van der Waals surface area contributed by atoms with Crippen LogP contribution in [-0.2, 0) is 4.79 Å². The Bertz CT molecular complexity index is 544. The minimum Gasteiger partial charge on any atom is -0.398 e. The number of amides is 2. The molecule has 21 heavy (non-hydrogen) atoms. The number of carbonyl (C=O) groups is 2. The van der Waals surface area contributed by atoms with Crippen molar-refractivity contribution in [3.63, 3.8) is 0 Å². The number of nitrogens with one attached hydrogen (secondary N) is 1. The van der Waals surface area contributed by atoms with Crippen molar-refractivity contribution in [2.75, 3.05) is 25.9 Å². The molecule has 116 valence electrons. The average Bonchev–Trinajstić information content (AvgIpc) is 2.38. The Balaban J connectivity index is 2.67. The van der Waals surface area contributed by atoms with Crippen LogP contribution in [0.3, 0.4) is 0 Å². The Morgan fingerprint density at radius 1 is 1.33 bits per heavy atom. The van der Waals surface area contributed by atoms with Gasteiger partial charge in [-0.2, -0.15) is 13.2 Å². The quantitative estimate of drug-likeness (QED) is 0.824. The van der Waals surface area contributed by atoms with Gasteiger partial charge in [-0.25, -0.2) is 0 Å². The van der Waals surface area contributed by atoms with E-state index >= 15 is 0 Å². The number of likely N-dealkylation sites (N-methyl/N-ethyl adjacent to an activating group) is 1. The Hall–Kier alpha value is -2.25. The van der Waals surface area contributed by atoms with E-state index in [2.05, 4.69) is 0 Å². The normalized spacial score (nSPS) is 11.1. The zero-order valence-corrected chi connectivity index (χ0v) is 11.6. The summed E-state index contributed by atoms with van der Waals surface area (Å²) in [4.78, 5) is 24.5. The predicted molar refractivity (Wildman–Crippen MR) is 71.6 cm³/mol. The molecule has 0 aromatic heterocycles. The van der Waals surface area contributed by atoms with Crippen LogP contribution in [0.25, 0.3) is 0 Å². The zero-order valence-electron chi connectivity index (χ0n) is 11.6. The molecule has 0 atom stereocenters. The van der Waals surface area contributed by atoms with Crippen molar-refractivity contribution >= 4 is 17.5 Å². The molecule has 0 unspecified atom stereocenters. The first-order chi connectivity index (χ1) is 9.61. The molecule has 0 bridgehead atoms. The van der Waals surface area contributed by atoms with Gasteiger partial charge < -0.3 is 16.0 Å². The largest absolute Gasteiger partial charge is 0.405 e. The summed E-state index contributed by atoms with van der Waals surface area (Å²) in [7, 11) is 1.33. The van der Waals surface area contributed by atoms with Gasteiger partial charge in [0.05, 0.1) is 6.54 Å². The molecule has 5 nitrogen and oxygen atoms in total. The molecule has 0 saturated heterocycles. The fraction of sp³-hybridized carbons (Fsp3) is 0.385. The van der Waals surface area contributed by atoms with Crippen molar-refractivity contribution in [2.24, 2.45) is 0 Å². The van der Waals surface area contributed by atoms with Crippen LogP contribution in [0.1, 0.15) is 15.9 Å². The third kappa shape index (κ3) is 4.97. The first-order valence-electron chi connectivity index (χ1n) is 6.06. The van der Waals surface area contributed by atoms with E-state index in [4.69, 9.17) is 5.73 Å². The van der Waals surface area contributed by atoms with Gasteiger partial charge in [-0.3, -0.25) is 9.59 Å². The molecule has 2 amide bonds. The Morgan fingerprint density at radius 2 is 1.95 bits per heavy atom. The smallest absolute Gasteiger partial charge is 0.398 e. The topological polar surface area (TPSA) is 75.4 Å². The minimum atomic E-state index is -4.48. The van der Waals surface area contributed by atoms with E-state index in [9.17, 15) is 22.8 Å². The van der Waals surface area contributed by atoms with Gasteiger partial charge in [-0.05, 0) is 24.6 Å². The molecule has 0 aliphatic heterocycles. The van der Waals surface area contributed by atoms with E-state index in [-0.39, 0.29) is 0 Å². The summed E-state index contributed by atoms with van der Waals surface area (Å²) in [6.45, 7) is -0.242. The zero-order chi connectivity index (χ0) is 16.2. The molecular formula is C13H16F3N3O2. The van der Waals surface area contributed by atoms with Crippen LogP contribution in [0.15, 0.2) is 18.2 Å². The molecule has 1 aromatic carbocycles. The SMILES string of the molecule is Cc1c(N)cccc1C(=O)N(C)CC(=O)NCC(F)(F)F. The Morgan fingerprint density at radius 3 is 2.52 bits per heavy atom. The molecule has 0 saturated carbocycles. The highest BCUT2D eigenvalue weighted by Gasteiger charge is 2.28. The number of nitrogen functional groups attached to an aromatic ring is 1. The van der Waals surface area contributed by atoms with Gasteiger partial charge in [0.15, 0.2) is 0 Å². The third-order valence-electron chi connectivity index (χ3n) is 2.82. The summed E-state index contributed by atoms with van der Waals surface area (Å²) in [6, 6.07) is 4.76. The lowest BCUT2D eigenvalue weighted by Gasteiger charge is -2.18. The van der Waals surface area contributed by atoms with E-state index in [0.29, 0.717) is 16.8 Å². The minimum absolute atomic E-state index is 0.307. The summed E-state index contributed by atoms with van der Waals surface area (Å²) < 4.78 is 35.9. The molecular weight excluding hydrogens is 287 g/mol. The Labute approximate surface area is 119 Å². The van der Waals surface area contributed by atoms with Crippen molar-refractivity contribution < 1.29 is 22.8 Å². The number of rotatable bonds is 4. The van der Waals surface area contributed by atoms with E-state index in [1.54, 1.807) is 24.4 Å². The van der Waals surface area contributed by atoms with Crippen molar-refractivity contribution in [1.29, 1.82) is 0 Å².